The van der Waals surface area contributed by atoms with Gasteiger partial charge in [-0.05, 0) is 0 Å². The molecule has 2 aromatic carbocycles. The van der Waals surface area contributed by atoms with Crippen molar-refractivity contribution in [3.63, 3.8) is 0 Å². The number of rotatable bonds is 0. The van der Waals surface area contributed by atoms with Gasteiger partial charge < -0.3 is 24.2 Å². The van der Waals surface area contributed by atoms with E-state index in [0.717, 1.165) is 6.42 Å². The molecule has 0 aliphatic rings. The first kappa shape index (κ1) is 40.5. The average molecular weight is 425 g/mol. The summed E-state index contributed by atoms with van der Waals surface area (Å²) < 4.78 is 0. The summed E-state index contributed by atoms with van der Waals surface area (Å²) in [6.07, 6.45) is 1.00. The summed E-state index contributed by atoms with van der Waals surface area (Å²) in [4.78, 5) is 0. The molecule has 3 heteroatoms. The molecule has 0 saturated heterocycles. The Morgan fingerprint density at radius 1 is 0.654 bits per heavy atom. The van der Waals surface area contributed by atoms with Crippen LogP contribution >= 0.6 is 0 Å². The number of hydrogen-bond donors (Lipinski definition) is 0. The van der Waals surface area contributed by atoms with Crippen LogP contribution < -0.4 is 0 Å². The maximum Gasteiger partial charge on any atom is 3.00 e. The van der Waals surface area contributed by atoms with E-state index in [0.29, 0.717) is 0 Å². The minimum absolute atomic E-state index is 0. The zero-order valence-electron chi connectivity index (χ0n) is 17.7. The first-order valence-corrected chi connectivity index (χ1v) is 8.03. The molecule has 26 heavy (non-hydrogen) atoms. The summed E-state index contributed by atoms with van der Waals surface area (Å²) in [6.45, 7) is 18.0. The molecule has 2 rings (SSSR count). The zero-order valence-corrected chi connectivity index (χ0v) is 20.8. The van der Waals surface area contributed by atoms with Crippen LogP contribution in [-0.4, -0.2) is 5.48 Å². The normalized spacial score (nSPS) is 7.15. The van der Waals surface area contributed by atoms with E-state index in [-0.39, 0.29) is 48.9 Å². The van der Waals surface area contributed by atoms with Gasteiger partial charge in [0.2, 0.25) is 0 Å². The molecule has 2 aromatic rings. The van der Waals surface area contributed by atoms with Gasteiger partial charge in [-0.2, -0.15) is 121 Å². The quantitative estimate of drug-likeness (QED) is 0.336. The van der Waals surface area contributed by atoms with E-state index in [4.69, 9.17) is 0 Å². The Morgan fingerprint density at radius 3 is 0.846 bits per heavy atom. The third-order valence-electron chi connectivity index (χ3n) is 1.21. The fraction of sp³-hybridized carbons (Fsp3) is 0.348. The van der Waals surface area contributed by atoms with Crippen LogP contribution in [0.3, 0.4) is 0 Å². The van der Waals surface area contributed by atoms with Crippen molar-refractivity contribution in [1.82, 2.24) is 0 Å². The molecule has 1 nitrogen and oxygen atoms in total. The third-order valence-corrected chi connectivity index (χ3v) is 1.21. The Hall–Kier alpha value is -0.171. The molecule has 0 bridgehead atoms. The summed E-state index contributed by atoms with van der Waals surface area (Å²) >= 11 is 0. The monoisotopic (exact) mass is 425 g/mol. The van der Waals surface area contributed by atoms with E-state index in [1.807, 2.05) is 67.6 Å². The second-order valence-electron chi connectivity index (χ2n) is 5.65. The van der Waals surface area contributed by atoms with Crippen LogP contribution in [0.5, 0.6) is 0 Å². The zero-order chi connectivity index (χ0) is 18.3. The Labute approximate surface area is 194 Å². The molecule has 0 atom stereocenters. The van der Waals surface area contributed by atoms with E-state index in [1.165, 1.54) is 11.8 Å². The molecule has 0 amide bonds. The summed E-state index contributed by atoms with van der Waals surface area (Å²) in [5.41, 5.74) is 0. The molecule has 1 radical (unpaired) electrons. The van der Waals surface area contributed by atoms with Gasteiger partial charge in [-0.3, -0.25) is 0 Å². The van der Waals surface area contributed by atoms with E-state index >= 15 is 0 Å². The summed E-state index contributed by atoms with van der Waals surface area (Å²) in [5, 5.41) is 0. The van der Waals surface area contributed by atoms with Gasteiger partial charge in [0.1, 0.15) is 0 Å². The van der Waals surface area contributed by atoms with Gasteiger partial charge in [0, 0.05) is 0 Å². The summed E-state index contributed by atoms with van der Waals surface area (Å²) in [6, 6.07) is 25.0. The molecular formula is C23H37OTi2. The predicted molar refractivity (Wildman–Crippen MR) is 110 cm³/mol. The van der Waals surface area contributed by atoms with Gasteiger partial charge in [0.25, 0.3) is 0 Å². The first-order chi connectivity index (χ1) is 10.9. The molecule has 0 fully saturated rings. The van der Waals surface area contributed by atoms with Crippen LogP contribution in [-0.2, 0) is 43.4 Å². The topological polar surface area (TPSA) is 31.5 Å². The second kappa shape index (κ2) is 39.8. The second-order valence-corrected chi connectivity index (χ2v) is 5.65. The van der Waals surface area contributed by atoms with Crippen LogP contribution in [0.1, 0.15) is 54.9 Å². The molecule has 0 heterocycles. The van der Waals surface area contributed by atoms with Gasteiger partial charge in [0.05, 0.1) is 0 Å². The summed E-state index contributed by atoms with van der Waals surface area (Å²) in [5.74, 6) is 2.83. The van der Waals surface area contributed by atoms with Crippen LogP contribution in [0.4, 0.5) is 0 Å². The molecule has 143 valence electrons. The molecule has 0 aromatic heterocycles. The van der Waals surface area contributed by atoms with Crippen LogP contribution in [0.25, 0.3) is 0 Å². The molecule has 0 aliphatic carbocycles. The van der Waals surface area contributed by atoms with Crippen molar-refractivity contribution < 1.29 is 48.9 Å². The number of hydrogen-bond acceptors (Lipinski definition) is 0. The van der Waals surface area contributed by atoms with Crippen molar-refractivity contribution in [2.45, 2.75) is 54.9 Å². The van der Waals surface area contributed by atoms with Crippen LogP contribution in [0, 0.1) is 30.9 Å². The SMILES string of the molecule is C[C-](C)C.C[C-](C)C.O.[CH2-]CC.[Ti+2].[Ti+3].[c-]1ccccc1.[c-]1ccccc1. The number of benzene rings is 2. The van der Waals surface area contributed by atoms with Crippen molar-refractivity contribution in [1.29, 1.82) is 0 Å². The standard InChI is InChI=1S/2C6H5.2C4H9.C3H7.H2O.2Ti/c2*1-2-4-6-5-3-1;2*1-4(2)3;1-3-2;;;/h2*1-5H;2*1-3H3;1,3H2,2H3;1H2;;/q5*-1;;+2;+3. The Morgan fingerprint density at radius 2 is 0.808 bits per heavy atom. The van der Waals surface area contributed by atoms with Gasteiger partial charge in [0.15, 0.2) is 0 Å². The van der Waals surface area contributed by atoms with E-state index in [1.54, 1.807) is 0 Å². The largest absolute Gasteiger partial charge is 3.00 e. The smallest absolute Gasteiger partial charge is 0.412 e. The Kier molecular flexibility index (Phi) is 61.9. The van der Waals surface area contributed by atoms with Gasteiger partial charge in [-0.15, -0.1) is 0 Å². The minimum Gasteiger partial charge on any atom is -0.412 e. The van der Waals surface area contributed by atoms with Crippen molar-refractivity contribution >= 4 is 0 Å². The molecule has 0 aliphatic heterocycles. The van der Waals surface area contributed by atoms with Gasteiger partial charge >= 0.3 is 43.4 Å². The maximum atomic E-state index is 3.49. The van der Waals surface area contributed by atoms with E-state index in [2.05, 4.69) is 60.6 Å². The van der Waals surface area contributed by atoms with E-state index in [9.17, 15) is 0 Å². The fourth-order valence-electron chi connectivity index (χ4n) is 0.684. The van der Waals surface area contributed by atoms with Gasteiger partial charge in [-0.1, -0.05) is 6.92 Å². The third kappa shape index (κ3) is 88.8. The molecular weight excluding hydrogens is 388 g/mol. The average Bonchev–Trinajstić information content (AvgIpc) is 2.51. The first-order valence-electron chi connectivity index (χ1n) is 8.03. The molecule has 0 saturated carbocycles. The molecule has 0 spiro atoms. The fourth-order valence-corrected chi connectivity index (χ4v) is 0.684. The van der Waals surface area contributed by atoms with Crippen molar-refractivity contribution in [2.75, 3.05) is 0 Å². The van der Waals surface area contributed by atoms with Crippen LogP contribution in [0.2, 0.25) is 0 Å². The van der Waals surface area contributed by atoms with Crippen molar-refractivity contribution in [3.05, 3.63) is 91.6 Å². The maximum absolute atomic E-state index is 3.49. The molecule has 2 N–H and O–H groups in total. The Bertz CT molecular complexity index is 268. The van der Waals surface area contributed by atoms with Crippen molar-refractivity contribution in [3.8, 4) is 0 Å². The minimum atomic E-state index is 0. The van der Waals surface area contributed by atoms with Crippen LogP contribution in [0.15, 0.2) is 60.7 Å². The van der Waals surface area contributed by atoms with Crippen molar-refractivity contribution in [2.24, 2.45) is 0 Å². The van der Waals surface area contributed by atoms with E-state index < -0.39 is 0 Å². The van der Waals surface area contributed by atoms with Gasteiger partial charge in [-0.25, -0.2) is 0 Å². The summed E-state index contributed by atoms with van der Waals surface area (Å²) in [7, 11) is 0. The molecule has 0 unspecified atom stereocenters. The predicted octanol–water partition coefficient (Wildman–Crippen LogP) is 6.62. The Balaban J connectivity index is -0.0000000480.